The Morgan fingerprint density at radius 2 is 2.11 bits per heavy atom. The minimum absolute atomic E-state index is 0.00568. The number of hydrogen-bond donors (Lipinski definition) is 2. The van der Waals surface area contributed by atoms with Gasteiger partial charge in [-0.25, -0.2) is 0 Å². The minimum atomic E-state index is -0.479. The first-order valence-corrected chi connectivity index (χ1v) is 6.47. The van der Waals surface area contributed by atoms with Gasteiger partial charge >= 0.3 is 0 Å². The maximum atomic E-state index is 12.3. The summed E-state index contributed by atoms with van der Waals surface area (Å²) in [5.41, 5.74) is 2.34. The van der Waals surface area contributed by atoms with Gasteiger partial charge in [0.05, 0.1) is 12.1 Å². The number of carbonyl (C=O) groups excluding carboxylic acids is 1. The van der Waals surface area contributed by atoms with E-state index < -0.39 is 5.54 Å². The van der Waals surface area contributed by atoms with E-state index in [2.05, 4.69) is 5.32 Å². The molecular formula is C15H21NO2. The predicted molar refractivity (Wildman–Crippen MR) is 71.6 cm³/mol. The van der Waals surface area contributed by atoms with Gasteiger partial charge in [-0.2, -0.15) is 0 Å². The molecule has 0 saturated heterocycles. The third-order valence-corrected chi connectivity index (χ3v) is 4.06. The maximum Gasteiger partial charge on any atom is 0.252 e. The number of amides is 1. The lowest BCUT2D eigenvalue weighted by Crippen LogP contribution is -2.50. The molecule has 1 atom stereocenters. The molecule has 1 amide bonds. The van der Waals surface area contributed by atoms with Gasteiger partial charge in [-0.1, -0.05) is 12.1 Å². The van der Waals surface area contributed by atoms with Crippen LogP contribution in [0.15, 0.2) is 18.2 Å². The van der Waals surface area contributed by atoms with Crippen molar-refractivity contribution in [1.82, 2.24) is 5.32 Å². The highest BCUT2D eigenvalue weighted by atomic mass is 16.3. The molecule has 0 heterocycles. The number of nitrogens with one attached hydrogen (secondary N) is 1. The van der Waals surface area contributed by atoms with Crippen LogP contribution in [0.4, 0.5) is 0 Å². The molecule has 98 valence electrons. The van der Waals surface area contributed by atoms with E-state index in [1.165, 1.54) is 0 Å². The summed E-state index contributed by atoms with van der Waals surface area (Å²) in [4.78, 5) is 12.3. The fraction of sp³-hybridized carbons (Fsp3) is 0.533. The van der Waals surface area contributed by atoms with E-state index in [4.69, 9.17) is 0 Å². The van der Waals surface area contributed by atoms with Gasteiger partial charge in [0.25, 0.3) is 5.91 Å². The quantitative estimate of drug-likeness (QED) is 0.857. The molecule has 1 aromatic carbocycles. The van der Waals surface area contributed by atoms with E-state index in [0.29, 0.717) is 11.5 Å². The predicted octanol–water partition coefficient (Wildman–Crippen LogP) is 2.19. The topological polar surface area (TPSA) is 49.3 Å². The molecule has 1 unspecified atom stereocenters. The normalized spacial score (nSPS) is 18.2. The van der Waals surface area contributed by atoms with Crippen molar-refractivity contribution in [2.45, 2.75) is 39.2 Å². The summed E-state index contributed by atoms with van der Waals surface area (Å²) in [6.07, 6.45) is 2.17. The molecule has 1 aliphatic rings. The van der Waals surface area contributed by atoms with Crippen LogP contribution in [0.5, 0.6) is 0 Å². The highest BCUT2D eigenvalue weighted by Crippen LogP contribution is 2.39. The average molecular weight is 247 g/mol. The second-order valence-corrected chi connectivity index (χ2v) is 5.55. The molecule has 0 aliphatic heterocycles. The van der Waals surface area contributed by atoms with Crippen LogP contribution in [-0.4, -0.2) is 23.2 Å². The van der Waals surface area contributed by atoms with Crippen molar-refractivity contribution >= 4 is 5.91 Å². The minimum Gasteiger partial charge on any atom is -0.394 e. The zero-order valence-electron chi connectivity index (χ0n) is 11.3. The summed E-state index contributed by atoms with van der Waals surface area (Å²) in [6.45, 7) is 5.87. The summed E-state index contributed by atoms with van der Waals surface area (Å²) >= 11 is 0. The van der Waals surface area contributed by atoms with Gasteiger partial charge in [-0.3, -0.25) is 4.79 Å². The Kier molecular flexibility index (Phi) is 3.44. The van der Waals surface area contributed by atoms with Crippen LogP contribution in [0.3, 0.4) is 0 Å². The van der Waals surface area contributed by atoms with Crippen molar-refractivity contribution in [1.29, 1.82) is 0 Å². The van der Waals surface area contributed by atoms with Crippen molar-refractivity contribution in [3.05, 3.63) is 34.9 Å². The van der Waals surface area contributed by atoms with Crippen LogP contribution in [0.2, 0.25) is 0 Å². The van der Waals surface area contributed by atoms with Gasteiger partial charge in [-0.15, -0.1) is 0 Å². The largest absolute Gasteiger partial charge is 0.394 e. The van der Waals surface area contributed by atoms with Gasteiger partial charge < -0.3 is 10.4 Å². The molecule has 1 aromatic rings. The standard InChI is InChI=1S/C15H21NO2/c1-10-5-4-6-13(11(10)2)14(18)16-15(3,9-17)12-7-8-12/h4-6,12,17H,7-9H2,1-3H3,(H,16,18). The molecular weight excluding hydrogens is 226 g/mol. The zero-order valence-corrected chi connectivity index (χ0v) is 11.3. The SMILES string of the molecule is Cc1cccc(C(=O)NC(C)(CO)C2CC2)c1C. The summed E-state index contributed by atoms with van der Waals surface area (Å²) in [6, 6.07) is 5.73. The summed E-state index contributed by atoms with van der Waals surface area (Å²) in [5, 5.41) is 12.5. The molecule has 0 spiro atoms. The lowest BCUT2D eigenvalue weighted by Gasteiger charge is -2.29. The van der Waals surface area contributed by atoms with Crippen molar-refractivity contribution < 1.29 is 9.90 Å². The van der Waals surface area contributed by atoms with Crippen molar-refractivity contribution in [3.63, 3.8) is 0 Å². The van der Waals surface area contributed by atoms with Crippen molar-refractivity contribution in [2.75, 3.05) is 6.61 Å². The van der Waals surface area contributed by atoms with Gasteiger partial charge in [0, 0.05) is 5.56 Å². The number of benzene rings is 1. The number of carbonyl (C=O) groups is 1. The highest BCUT2D eigenvalue weighted by Gasteiger charge is 2.42. The average Bonchev–Trinajstić information content (AvgIpc) is 3.16. The summed E-state index contributed by atoms with van der Waals surface area (Å²) < 4.78 is 0. The van der Waals surface area contributed by atoms with Crippen LogP contribution < -0.4 is 5.32 Å². The molecule has 0 radical (unpaired) electrons. The lowest BCUT2D eigenvalue weighted by molar-refractivity contribution is 0.0824. The van der Waals surface area contributed by atoms with Crippen LogP contribution in [0.1, 0.15) is 41.3 Å². The Hall–Kier alpha value is -1.35. The molecule has 3 nitrogen and oxygen atoms in total. The molecule has 1 aliphatic carbocycles. The monoisotopic (exact) mass is 247 g/mol. The van der Waals surface area contributed by atoms with Crippen LogP contribution in [0.25, 0.3) is 0 Å². The van der Waals surface area contributed by atoms with Crippen LogP contribution in [-0.2, 0) is 0 Å². The van der Waals surface area contributed by atoms with Gasteiger partial charge in [0.15, 0.2) is 0 Å². The zero-order chi connectivity index (χ0) is 13.3. The highest BCUT2D eigenvalue weighted by molar-refractivity contribution is 5.96. The number of aliphatic hydroxyl groups is 1. The molecule has 2 rings (SSSR count). The Labute approximate surface area is 108 Å². The Bertz CT molecular complexity index is 466. The molecule has 2 N–H and O–H groups in total. The van der Waals surface area contributed by atoms with E-state index in [9.17, 15) is 9.90 Å². The van der Waals surface area contributed by atoms with E-state index in [0.717, 1.165) is 24.0 Å². The van der Waals surface area contributed by atoms with E-state index in [-0.39, 0.29) is 12.5 Å². The fourth-order valence-electron chi connectivity index (χ4n) is 2.31. The van der Waals surface area contributed by atoms with Crippen molar-refractivity contribution in [3.8, 4) is 0 Å². The number of aliphatic hydroxyl groups excluding tert-OH is 1. The molecule has 18 heavy (non-hydrogen) atoms. The van der Waals surface area contributed by atoms with E-state index >= 15 is 0 Å². The van der Waals surface area contributed by atoms with E-state index in [1.807, 2.05) is 39.0 Å². The lowest BCUT2D eigenvalue weighted by atomic mass is 9.95. The number of rotatable bonds is 4. The van der Waals surface area contributed by atoms with Crippen LogP contribution >= 0.6 is 0 Å². The third-order valence-electron chi connectivity index (χ3n) is 4.06. The van der Waals surface area contributed by atoms with Gasteiger partial charge in [0.1, 0.15) is 0 Å². The second kappa shape index (κ2) is 4.73. The first-order valence-electron chi connectivity index (χ1n) is 6.47. The Morgan fingerprint density at radius 3 is 2.67 bits per heavy atom. The molecule has 0 bridgehead atoms. The van der Waals surface area contributed by atoms with Gasteiger partial charge in [0.2, 0.25) is 0 Å². The fourth-order valence-corrected chi connectivity index (χ4v) is 2.31. The number of aryl methyl sites for hydroxylation is 1. The first-order chi connectivity index (χ1) is 8.48. The first kappa shape index (κ1) is 13.1. The molecule has 1 fully saturated rings. The van der Waals surface area contributed by atoms with Crippen LogP contribution in [0, 0.1) is 19.8 Å². The number of hydrogen-bond acceptors (Lipinski definition) is 2. The second-order valence-electron chi connectivity index (χ2n) is 5.55. The Balaban J connectivity index is 2.19. The van der Waals surface area contributed by atoms with Gasteiger partial charge in [-0.05, 0) is 56.7 Å². The summed E-state index contributed by atoms with van der Waals surface area (Å²) in [7, 11) is 0. The smallest absolute Gasteiger partial charge is 0.252 e. The summed E-state index contributed by atoms with van der Waals surface area (Å²) in [5.74, 6) is 0.330. The van der Waals surface area contributed by atoms with E-state index in [1.54, 1.807) is 0 Å². The van der Waals surface area contributed by atoms with Crippen molar-refractivity contribution in [2.24, 2.45) is 5.92 Å². The maximum absolute atomic E-state index is 12.3. The third kappa shape index (κ3) is 2.41. The molecule has 0 aromatic heterocycles. The molecule has 1 saturated carbocycles. The molecule has 3 heteroatoms. The Morgan fingerprint density at radius 1 is 1.44 bits per heavy atom.